The van der Waals surface area contributed by atoms with Crippen LogP contribution in [0.2, 0.25) is 0 Å². The van der Waals surface area contributed by atoms with Crippen LogP contribution in [0.5, 0.6) is 11.5 Å². The molecular formula is C15H17FO4. The van der Waals surface area contributed by atoms with E-state index in [1.54, 1.807) is 20.8 Å². The smallest absolute Gasteiger partial charge is 0.316 e. The van der Waals surface area contributed by atoms with Gasteiger partial charge in [0, 0.05) is 6.42 Å². The van der Waals surface area contributed by atoms with Crippen molar-refractivity contribution in [2.24, 2.45) is 5.41 Å². The Balaban J connectivity index is 2.36. The van der Waals surface area contributed by atoms with Gasteiger partial charge in [-0.2, -0.15) is 4.39 Å². The van der Waals surface area contributed by atoms with Crippen molar-refractivity contribution in [3.8, 4) is 11.5 Å². The first kappa shape index (κ1) is 14.5. The second kappa shape index (κ2) is 5.23. The Morgan fingerprint density at radius 2 is 2.05 bits per heavy atom. The second-order valence-corrected chi connectivity index (χ2v) is 5.77. The molecule has 0 aromatic heterocycles. The Bertz CT molecular complexity index is 558. The summed E-state index contributed by atoms with van der Waals surface area (Å²) < 4.78 is 24.6. The van der Waals surface area contributed by atoms with Crippen LogP contribution in [0, 0.1) is 11.2 Å². The number of esters is 1. The van der Waals surface area contributed by atoms with Crippen LogP contribution in [-0.4, -0.2) is 18.4 Å². The summed E-state index contributed by atoms with van der Waals surface area (Å²) in [4.78, 5) is 23.6. The van der Waals surface area contributed by atoms with E-state index >= 15 is 0 Å². The third-order valence-corrected chi connectivity index (χ3v) is 2.97. The second-order valence-electron chi connectivity index (χ2n) is 5.77. The van der Waals surface area contributed by atoms with Crippen molar-refractivity contribution in [3.05, 3.63) is 23.5 Å². The topological polar surface area (TPSA) is 52.6 Å². The van der Waals surface area contributed by atoms with Gasteiger partial charge in [0.2, 0.25) is 5.82 Å². The average Bonchev–Trinajstić information content (AvgIpc) is 2.54. The van der Waals surface area contributed by atoms with Crippen LogP contribution in [0.25, 0.3) is 0 Å². The maximum absolute atomic E-state index is 14.3. The van der Waals surface area contributed by atoms with E-state index in [0.29, 0.717) is 12.8 Å². The van der Waals surface area contributed by atoms with Crippen LogP contribution >= 0.6 is 0 Å². The highest BCUT2D eigenvalue weighted by molar-refractivity contribution is 5.99. The van der Waals surface area contributed by atoms with Gasteiger partial charge in [-0.3, -0.25) is 9.59 Å². The molecule has 1 aliphatic heterocycles. The van der Waals surface area contributed by atoms with Crippen LogP contribution < -0.4 is 9.47 Å². The summed E-state index contributed by atoms with van der Waals surface area (Å²) in [5.41, 5.74) is -0.536. The maximum Gasteiger partial charge on any atom is 0.316 e. The summed E-state index contributed by atoms with van der Waals surface area (Å²) in [7, 11) is 0. The molecular weight excluding hydrogens is 263 g/mol. The number of carbonyl (C=O) groups excluding carboxylic acids is 2. The lowest BCUT2D eigenvalue weighted by atomic mass is 9.97. The predicted molar refractivity (Wildman–Crippen MR) is 70.5 cm³/mol. The van der Waals surface area contributed by atoms with Crippen LogP contribution in [0.15, 0.2) is 12.1 Å². The van der Waals surface area contributed by atoms with Crippen molar-refractivity contribution in [2.75, 3.05) is 6.61 Å². The molecule has 1 aromatic carbocycles. The summed E-state index contributed by atoms with van der Waals surface area (Å²) in [6, 6.07) is 2.74. The molecule has 0 unspecified atom stereocenters. The van der Waals surface area contributed by atoms with Gasteiger partial charge in [0.15, 0.2) is 17.3 Å². The highest BCUT2D eigenvalue weighted by Crippen LogP contribution is 2.34. The largest absolute Gasteiger partial charge is 0.490 e. The molecule has 0 saturated heterocycles. The van der Waals surface area contributed by atoms with Crippen LogP contribution in [-0.2, 0) is 4.79 Å². The molecule has 0 aliphatic carbocycles. The summed E-state index contributed by atoms with van der Waals surface area (Å²) in [6.45, 7) is 5.30. The zero-order valence-corrected chi connectivity index (χ0v) is 11.8. The van der Waals surface area contributed by atoms with Gasteiger partial charge in [-0.15, -0.1) is 0 Å². The number of hydrogen-bond donors (Lipinski definition) is 0. The first-order valence-electron chi connectivity index (χ1n) is 6.51. The van der Waals surface area contributed by atoms with Gasteiger partial charge < -0.3 is 9.47 Å². The zero-order chi connectivity index (χ0) is 14.9. The first-order valence-corrected chi connectivity index (χ1v) is 6.51. The molecule has 0 N–H and O–H groups in total. The molecule has 0 fully saturated rings. The molecule has 2 rings (SSSR count). The van der Waals surface area contributed by atoms with E-state index in [1.165, 1.54) is 12.1 Å². The Kier molecular flexibility index (Phi) is 3.79. The van der Waals surface area contributed by atoms with E-state index in [1.807, 2.05) is 0 Å². The van der Waals surface area contributed by atoms with Crippen molar-refractivity contribution >= 4 is 11.8 Å². The highest BCUT2D eigenvalue weighted by atomic mass is 19.1. The van der Waals surface area contributed by atoms with Gasteiger partial charge in [-0.05, 0) is 39.3 Å². The SMILES string of the molecule is CC(C)(C)C(=O)Oc1ccc2c(c1F)OCCCC2=O. The Labute approximate surface area is 116 Å². The number of rotatable bonds is 1. The van der Waals surface area contributed by atoms with Crippen molar-refractivity contribution in [3.63, 3.8) is 0 Å². The number of hydrogen-bond acceptors (Lipinski definition) is 4. The molecule has 0 atom stereocenters. The number of carbonyl (C=O) groups is 2. The number of halogens is 1. The minimum Gasteiger partial charge on any atom is -0.490 e. The van der Waals surface area contributed by atoms with Gasteiger partial charge in [0.05, 0.1) is 17.6 Å². The lowest BCUT2D eigenvalue weighted by molar-refractivity contribution is -0.143. The standard InChI is InChI=1S/C15H17FO4/c1-15(2,3)14(18)20-11-7-6-9-10(17)5-4-8-19-13(9)12(11)16/h6-7H,4-5,8H2,1-3H3. The van der Waals surface area contributed by atoms with Gasteiger partial charge in [-0.25, -0.2) is 0 Å². The molecule has 4 nitrogen and oxygen atoms in total. The van der Waals surface area contributed by atoms with Crippen LogP contribution in [0.3, 0.4) is 0 Å². The summed E-state index contributed by atoms with van der Waals surface area (Å²) in [5, 5.41) is 0. The van der Waals surface area contributed by atoms with Crippen LogP contribution in [0.4, 0.5) is 4.39 Å². The van der Waals surface area contributed by atoms with E-state index < -0.39 is 17.2 Å². The molecule has 108 valence electrons. The molecule has 20 heavy (non-hydrogen) atoms. The molecule has 0 amide bonds. The fourth-order valence-electron chi connectivity index (χ4n) is 1.77. The first-order chi connectivity index (χ1) is 9.30. The van der Waals surface area contributed by atoms with Gasteiger partial charge in [0.25, 0.3) is 0 Å². The summed E-state index contributed by atoms with van der Waals surface area (Å²) >= 11 is 0. The Hall–Kier alpha value is -1.91. The molecule has 0 bridgehead atoms. The van der Waals surface area contributed by atoms with E-state index in [4.69, 9.17) is 9.47 Å². The van der Waals surface area contributed by atoms with Crippen molar-refractivity contribution in [1.82, 2.24) is 0 Å². The van der Waals surface area contributed by atoms with Crippen molar-refractivity contribution in [1.29, 1.82) is 0 Å². The Morgan fingerprint density at radius 3 is 2.70 bits per heavy atom. The molecule has 0 radical (unpaired) electrons. The lowest BCUT2D eigenvalue weighted by Gasteiger charge is -2.17. The number of Topliss-reactive ketones (excluding diaryl/α,β-unsaturated/α-hetero) is 1. The van der Waals surface area contributed by atoms with E-state index in [0.717, 1.165) is 0 Å². The third kappa shape index (κ3) is 2.81. The number of fused-ring (bicyclic) bond motifs is 1. The van der Waals surface area contributed by atoms with Crippen molar-refractivity contribution in [2.45, 2.75) is 33.6 Å². The van der Waals surface area contributed by atoms with Gasteiger partial charge in [0.1, 0.15) is 0 Å². The monoisotopic (exact) mass is 280 g/mol. The number of benzene rings is 1. The maximum atomic E-state index is 14.3. The fourth-order valence-corrected chi connectivity index (χ4v) is 1.77. The Morgan fingerprint density at radius 1 is 1.35 bits per heavy atom. The van der Waals surface area contributed by atoms with E-state index in [9.17, 15) is 14.0 Å². The summed E-state index contributed by atoms with van der Waals surface area (Å²) in [5.74, 6) is -1.83. The zero-order valence-electron chi connectivity index (χ0n) is 11.8. The quantitative estimate of drug-likeness (QED) is 0.586. The normalized spacial score (nSPS) is 15.1. The summed E-state index contributed by atoms with van der Waals surface area (Å²) in [6.07, 6.45) is 0.873. The van der Waals surface area contributed by atoms with Gasteiger partial charge >= 0.3 is 5.97 Å². The highest BCUT2D eigenvalue weighted by Gasteiger charge is 2.28. The molecule has 1 aliphatic rings. The molecule has 0 saturated carbocycles. The predicted octanol–water partition coefficient (Wildman–Crippen LogP) is 3.13. The lowest BCUT2D eigenvalue weighted by Crippen LogP contribution is -2.26. The number of ketones is 1. The van der Waals surface area contributed by atoms with E-state index in [-0.39, 0.29) is 29.5 Å². The third-order valence-electron chi connectivity index (χ3n) is 2.97. The fraction of sp³-hybridized carbons (Fsp3) is 0.467. The van der Waals surface area contributed by atoms with E-state index in [2.05, 4.69) is 0 Å². The van der Waals surface area contributed by atoms with Crippen LogP contribution in [0.1, 0.15) is 44.0 Å². The molecule has 1 heterocycles. The minimum absolute atomic E-state index is 0.119. The average molecular weight is 280 g/mol. The molecule has 5 heteroatoms. The van der Waals surface area contributed by atoms with Gasteiger partial charge in [-0.1, -0.05) is 0 Å². The minimum atomic E-state index is -0.796. The molecule has 0 spiro atoms. The molecule has 1 aromatic rings. The van der Waals surface area contributed by atoms with Crippen molar-refractivity contribution < 1.29 is 23.5 Å². The number of ether oxygens (including phenoxy) is 2.